The van der Waals surface area contributed by atoms with E-state index in [1.165, 1.54) is 14.2 Å². The quantitative estimate of drug-likeness (QED) is 0.307. The van der Waals surface area contributed by atoms with E-state index in [9.17, 15) is 14.4 Å². The molecule has 0 saturated carbocycles. The molecule has 2 atom stereocenters. The largest absolute Gasteiger partial charge is 0.480 e. The molecule has 0 saturated heterocycles. The highest BCUT2D eigenvalue weighted by Crippen LogP contribution is 2.21. The highest BCUT2D eigenvalue weighted by atomic mass is 35.5. The lowest BCUT2D eigenvalue weighted by Crippen LogP contribution is -2.50. The number of hydrogen-bond acceptors (Lipinski definition) is 5. The second-order valence-electron chi connectivity index (χ2n) is 7.33. The molecule has 0 unspecified atom stereocenters. The van der Waals surface area contributed by atoms with Gasteiger partial charge in [-0.1, -0.05) is 41.9 Å². The summed E-state index contributed by atoms with van der Waals surface area (Å²) in [5.41, 5.74) is 1.71. The fraction of sp³-hybridized carbons (Fsp3) is 0.261. The van der Waals surface area contributed by atoms with E-state index < -0.39 is 36.5 Å². The molecule has 0 aliphatic rings. The Labute approximate surface area is 195 Å². The molecule has 9 nitrogen and oxygen atoms in total. The van der Waals surface area contributed by atoms with Gasteiger partial charge in [-0.25, -0.2) is 9.86 Å². The van der Waals surface area contributed by atoms with Crippen molar-refractivity contribution in [3.05, 3.63) is 70.9 Å². The van der Waals surface area contributed by atoms with E-state index in [-0.39, 0.29) is 12.1 Å². The number of halogens is 1. The van der Waals surface area contributed by atoms with Crippen molar-refractivity contribution in [3.63, 3.8) is 0 Å². The number of aromatic amines is 1. The molecule has 2 aromatic carbocycles. The first-order valence-corrected chi connectivity index (χ1v) is 10.4. The number of amides is 2. The topological polar surface area (TPSA) is 121 Å². The van der Waals surface area contributed by atoms with Crippen molar-refractivity contribution in [1.29, 1.82) is 0 Å². The maximum atomic E-state index is 13.1. The molecule has 0 radical (unpaired) electrons. The zero-order valence-electron chi connectivity index (χ0n) is 18.1. The third-order valence-electron chi connectivity index (χ3n) is 5.05. The molecule has 0 bridgehead atoms. The van der Waals surface area contributed by atoms with Crippen molar-refractivity contribution in [2.45, 2.75) is 12.6 Å². The number of hydrogen-bond donors (Lipinski definition) is 3. The van der Waals surface area contributed by atoms with Crippen LogP contribution >= 0.6 is 11.6 Å². The summed E-state index contributed by atoms with van der Waals surface area (Å²) in [6, 6.07) is 15.9. The molecule has 1 aromatic heterocycles. The molecule has 3 aromatic rings. The Bertz CT molecular complexity index is 1130. The van der Waals surface area contributed by atoms with Crippen LogP contribution in [0, 0.1) is 5.92 Å². The molecule has 0 aliphatic carbocycles. The summed E-state index contributed by atoms with van der Waals surface area (Å²) in [4.78, 5) is 45.3. The van der Waals surface area contributed by atoms with Crippen LogP contribution in [-0.2, 0) is 25.6 Å². The third-order valence-corrected chi connectivity index (χ3v) is 5.29. The molecule has 0 spiro atoms. The molecule has 2 amide bonds. The van der Waals surface area contributed by atoms with Gasteiger partial charge in [0, 0.05) is 23.0 Å². The van der Waals surface area contributed by atoms with Crippen molar-refractivity contribution in [3.8, 4) is 0 Å². The van der Waals surface area contributed by atoms with Crippen molar-refractivity contribution in [2.75, 3.05) is 20.8 Å². The van der Waals surface area contributed by atoms with Gasteiger partial charge in [0.15, 0.2) is 0 Å². The number of nitrogens with one attached hydrogen (secondary N) is 2. The van der Waals surface area contributed by atoms with Gasteiger partial charge in [-0.05, 0) is 36.2 Å². The van der Waals surface area contributed by atoms with Crippen LogP contribution in [0.15, 0.2) is 54.6 Å². The molecule has 10 heteroatoms. The van der Waals surface area contributed by atoms with Crippen LogP contribution in [0.2, 0.25) is 5.02 Å². The van der Waals surface area contributed by atoms with E-state index in [1.54, 1.807) is 24.3 Å². The lowest BCUT2D eigenvalue weighted by molar-refractivity contribution is -0.180. The predicted octanol–water partition coefficient (Wildman–Crippen LogP) is 2.86. The Kier molecular flexibility index (Phi) is 8.05. The minimum Gasteiger partial charge on any atom is -0.480 e. The summed E-state index contributed by atoms with van der Waals surface area (Å²) < 4.78 is 5.47. The number of aromatic nitrogens is 1. The molecule has 0 aliphatic heterocycles. The fourth-order valence-electron chi connectivity index (χ4n) is 3.37. The van der Waals surface area contributed by atoms with E-state index in [1.807, 2.05) is 30.3 Å². The Morgan fingerprint density at radius 3 is 2.55 bits per heavy atom. The van der Waals surface area contributed by atoms with Crippen LogP contribution in [0.3, 0.4) is 0 Å². The maximum absolute atomic E-state index is 13.1. The Morgan fingerprint density at radius 1 is 1.15 bits per heavy atom. The van der Waals surface area contributed by atoms with E-state index in [2.05, 4.69) is 10.3 Å². The number of hydroxylamine groups is 2. The third kappa shape index (κ3) is 6.32. The molecule has 0 fully saturated rings. The monoisotopic (exact) mass is 473 g/mol. The molecule has 33 heavy (non-hydrogen) atoms. The number of carboxylic acid groups (broad SMARTS) is 1. The van der Waals surface area contributed by atoms with Crippen molar-refractivity contribution < 1.29 is 29.1 Å². The van der Waals surface area contributed by atoms with Crippen LogP contribution in [0.1, 0.15) is 16.1 Å². The van der Waals surface area contributed by atoms with Gasteiger partial charge in [0.25, 0.3) is 11.8 Å². The highest BCUT2D eigenvalue weighted by Gasteiger charge is 2.34. The SMILES string of the molecule is CON(C)C(=O)[C@@H](Cc1ccccc1)[C@H](NC(=O)c1cc2cc(Cl)ccc2[nH]1)OCC(=O)O. The summed E-state index contributed by atoms with van der Waals surface area (Å²) in [5.74, 6) is -3.25. The molecular weight excluding hydrogens is 450 g/mol. The summed E-state index contributed by atoms with van der Waals surface area (Å²) in [5, 5.41) is 14.0. The van der Waals surface area contributed by atoms with Crippen LogP contribution in [0.25, 0.3) is 10.9 Å². The van der Waals surface area contributed by atoms with Crippen molar-refractivity contribution in [2.24, 2.45) is 5.92 Å². The minimum absolute atomic E-state index is 0.181. The highest BCUT2D eigenvalue weighted by molar-refractivity contribution is 6.31. The molecule has 174 valence electrons. The van der Waals surface area contributed by atoms with Gasteiger partial charge in [-0.15, -0.1) is 0 Å². The van der Waals surface area contributed by atoms with Gasteiger partial charge in [0.1, 0.15) is 18.5 Å². The number of fused-ring (bicyclic) bond motifs is 1. The van der Waals surface area contributed by atoms with E-state index in [0.717, 1.165) is 16.0 Å². The lowest BCUT2D eigenvalue weighted by Gasteiger charge is -2.29. The van der Waals surface area contributed by atoms with Crippen molar-refractivity contribution in [1.82, 2.24) is 15.4 Å². The molecule has 1 heterocycles. The average Bonchev–Trinajstić information content (AvgIpc) is 3.23. The Hall–Kier alpha value is -3.40. The number of carboxylic acids is 1. The zero-order valence-corrected chi connectivity index (χ0v) is 18.8. The van der Waals surface area contributed by atoms with E-state index >= 15 is 0 Å². The second kappa shape index (κ2) is 11.0. The van der Waals surface area contributed by atoms with E-state index in [4.69, 9.17) is 26.3 Å². The number of carbonyl (C=O) groups is 3. The smallest absolute Gasteiger partial charge is 0.329 e. The van der Waals surface area contributed by atoms with Gasteiger partial charge in [0.2, 0.25) is 0 Å². The Morgan fingerprint density at radius 2 is 1.88 bits per heavy atom. The van der Waals surface area contributed by atoms with Gasteiger partial charge in [0.05, 0.1) is 13.0 Å². The second-order valence-corrected chi connectivity index (χ2v) is 7.76. The zero-order chi connectivity index (χ0) is 24.0. The van der Waals surface area contributed by atoms with Gasteiger partial charge >= 0.3 is 5.97 Å². The van der Waals surface area contributed by atoms with Crippen LogP contribution < -0.4 is 5.32 Å². The van der Waals surface area contributed by atoms with E-state index in [0.29, 0.717) is 10.5 Å². The molecular formula is C23H24ClN3O6. The van der Waals surface area contributed by atoms with Crippen LogP contribution in [-0.4, -0.2) is 59.9 Å². The Balaban J connectivity index is 1.90. The van der Waals surface area contributed by atoms with Gasteiger partial charge < -0.3 is 20.1 Å². The molecule has 3 rings (SSSR count). The summed E-state index contributed by atoms with van der Waals surface area (Å²) in [6.45, 7) is -0.706. The van der Waals surface area contributed by atoms with Crippen molar-refractivity contribution >= 4 is 40.3 Å². The van der Waals surface area contributed by atoms with Gasteiger partial charge in [-0.3, -0.25) is 14.4 Å². The lowest BCUT2D eigenvalue weighted by atomic mass is 9.96. The van der Waals surface area contributed by atoms with Crippen LogP contribution in [0.5, 0.6) is 0 Å². The summed E-state index contributed by atoms with van der Waals surface area (Å²) in [6.07, 6.45) is -1.06. The first kappa shape index (κ1) is 24.2. The maximum Gasteiger partial charge on any atom is 0.329 e. The number of H-pyrrole nitrogens is 1. The minimum atomic E-state index is -1.24. The number of aliphatic carboxylic acids is 1. The standard InChI is InChI=1S/C23H24ClN3O6/c1-27(32-2)23(31)17(10-14-6-4-3-5-7-14)22(33-13-20(28)29)26-21(30)19-12-15-11-16(24)8-9-18(15)25-19/h3-9,11-12,17,22,25H,10,13H2,1-2H3,(H,26,30)(H,28,29)/t17-,22+/m0/s1. The number of benzene rings is 2. The number of rotatable bonds is 10. The number of ether oxygens (including phenoxy) is 1. The fourth-order valence-corrected chi connectivity index (χ4v) is 3.55. The van der Waals surface area contributed by atoms with Gasteiger partial charge in [-0.2, -0.15) is 0 Å². The number of nitrogens with zero attached hydrogens (tertiary/aromatic N) is 1. The normalized spacial score (nSPS) is 12.8. The first-order valence-electron chi connectivity index (χ1n) is 10.1. The molecule has 3 N–H and O–H groups in total. The first-order chi connectivity index (χ1) is 15.8. The summed E-state index contributed by atoms with van der Waals surface area (Å²) >= 11 is 6.02. The van der Waals surface area contributed by atoms with Crippen LogP contribution in [0.4, 0.5) is 0 Å². The summed E-state index contributed by atoms with van der Waals surface area (Å²) in [7, 11) is 2.76. The predicted molar refractivity (Wildman–Crippen MR) is 122 cm³/mol. The number of carbonyl (C=O) groups excluding carboxylic acids is 2. The average molecular weight is 474 g/mol.